The largest absolute Gasteiger partial charge is 0.291 e. The zero-order chi connectivity index (χ0) is 14.3. The Morgan fingerprint density at radius 1 is 1.10 bits per heavy atom. The average molecular weight is 358 g/mol. The normalized spacial score (nSPS) is 11.2. The van der Waals surface area contributed by atoms with Crippen LogP contribution in [0.1, 0.15) is 5.82 Å². The van der Waals surface area contributed by atoms with Crippen molar-refractivity contribution in [2.75, 3.05) is 0 Å². The molecule has 1 heterocycles. The Bertz CT molecular complexity index is 781. The summed E-state index contributed by atoms with van der Waals surface area (Å²) >= 11 is 9.18. The zero-order valence-electron chi connectivity index (χ0n) is 10.1. The van der Waals surface area contributed by atoms with Crippen molar-refractivity contribution in [1.82, 2.24) is 9.55 Å². The second-order valence-electron chi connectivity index (χ2n) is 4.17. The summed E-state index contributed by atoms with van der Waals surface area (Å²) in [7, 11) is 0. The molecule has 0 fully saturated rings. The highest BCUT2D eigenvalue weighted by Crippen LogP contribution is 2.30. The summed E-state index contributed by atoms with van der Waals surface area (Å²) in [6.45, 7) is 0. The molecule has 0 amide bonds. The molecule has 3 rings (SSSR count). The second kappa shape index (κ2) is 5.14. The van der Waals surface area contributed by atoms with Gasteiger partial charge in [-0.2, -0.15) is 0 Å². The summed E-state index contributed by atoms with van der Waals surface area (Å²) < 4.78 is 30.0. The van der Waals surface area contributed by atoms with Crippen LogP contribution in [0.4, 0.5) is 8.78 Å². The minimum Gasteiger partial charge on any atom is -0.291 e. The molecule has 2 nitrogen and oxygen atoms in total. The number of nitrogens with zero attached hydrogens (tertiary/aromatic N) is 2. The predicted octanol–water partition coefficient (Wildman–Crippen LogP) is 4.81. The second-order valence-corrected chi connectivity index (χ2v) is 5.30. The lowest BCUT2D eigenvalue weighted by molar-refractivity contribution is 0.616. The van der Waals surface area contributed by atoms with Crippen molar-refractivity contribution in [2.24, 2.45) is 0 Å². The first kappa shape index (κ1) is 13.5. The number of alkyl halides is 1. The Labute approximate surface area is 127 Å². The smallest absolute Gasteiger partial charge is 0.151 e. The molecule has 0 N–H and O–H groups in total. The molecule has 0 saturated heterocycles. The summed E-state index contributed by atoms with van der Waals surface area (Å²) in [6, 6.07) is 9.19. The highest BCUT2D eigenvalue weighted by atomic mass is 79.9. The molecular weight excluding hydrogens is 350 g/mol. The third-order valence-electron chi connectivity index (χ3n) is 2.99. The molecule has 0 radical (unpaired) electrons. The van der Waals surface area contributed by atoms with Gasteiger partial charge in [-0.1, -0.05) is 12.1 Å². The lowest BCUT2D eigenvalue weighted by Gasteiger charge is -2.11. The van der Waals surface area contributed by atoms with E-state index in [0.717, 1.165) is 0 Å². The van der Waals surface area contributed by atoms with Crippen molar-refractivity contribution >= 4 is 38.6 Å². The molecule has 6 heteroatoms. The third-order valence-corrected chi connectivity index (χ3v) is 3.86. The molecule has 0 bridgehead atoms. The van der Waals surface area contributed by atoms with Gasteiger partial charge in [0.15, 0.2) is 5.82 Å². The topological polar surface area (TPSA) is 17.8 Å². The standard InChI is InChI=1S/C14H8BrClF2N2/c15-8-3-1-5-10(18)14(8)20-11-6-2-4-9(17)13(11)19-12(20)7-16/h1-6H,7H2. The Kier molecular flexibility index (Phi) is 3.48. The number of hydrogen-bond acceptors (Lipinski definition) is 1. The van der Waals surface area contributed by atoms with E-state index in [-0.39, 0.29) is 17.1 Å². The summed E-state index contributed by atoms with van der Waals surface area (Å²) in [5, 5.41) is 0. The number of halogens is 4. The number of fused-ring (bicyclic) bond motifs is 1. The molecule has 2 aromatic carbocycles. The van der Waals surface area contributed by atoms with Crippen molar-refractivity contribution in [3.63, 3.8) is 0 Å². The maximum atomic E-state index is 14.1. The van der Waals surface area contributed by atoms with Crippen LogP contribution < -0.4 is 0 Å². The van der Waals surface area contributed by atoms with Crippen molar-refractivity contribution in [1.29, 1.82) is 0 Å². The molecule has 0 aliphatic heterocycles. The maximum absolute atomic E-state index is 14.1. The first-order chi connectivity index (χ1) is 9.63. The number of hydrogen-bond donors (Lipinski definition) is 0. The lowest BCUT2D eigenvalue weighted by Crippen LogP contribution is -2.03. The van der Waals surface area contributed by atoms with Crippen LogP contribution in [-0.4, -0.2) is 9.55 Å². The van der Waals surface area contributed by atoms with Crippen molar-refractivity contribution in [2.45, 2.75) is 5.88 Å². The van der Waals surface area contributed by atoms with Crippen molar-refractivity contribution in [3.05, 3.63) is 58.3 Å². The summed E-state index contributed by atoms with van der Waals surface area (Å²) in [5.74, 6) is -0.457. The third kappa shape index (κ3) is 2.01. The van der Waals surface area contributed by atoms with Crippen LogP contribution in [-0.2, 0) is 5.88 Å². The molecular formula is C14H8BrClF2N2. The minimum atomic E-state index is -0.458. The fourth-order valence-corrected chi connectivity index (χ4v) is 2.85. The van der Waals surface area contributed by atoms with E-state index in [2.05, 4.69) is 20.9 Å². The molecule has 0 spiro atoms. The van der Waals surface area contributed by atoms with Crippen LogP contribution in [0.2, 0.25) is 0 Å². The van der Waals surface area contributed by atoms with Crippen molar-refractivity contribution in [3.8, 4) is 5.69 Å². The highest BCUT2D eigenvalue weighted by molar-refractivity contribution is 9.10. The predicted molar refractivity (Wildman–Crippen MR) is 78.2 cm³/mol. The van der Waals surface area contributed by atoms with E-state index in [1.54, 1.807) is 24.3 Å². The van der Waals surface area contributed by atoms with Gasteiger partial charge in [0.1, 0.15) is 17.2 Å². The van der Waals surface area contributed by atoms with Crippen LogP contribution in [0.15, 0.2) is 40.9 Å². The van der Waals surface area contributed by atoms with Gasteiger partial charge in [0, 0.05) is 4.47 Å². The number of benzene rings is 2. The average Bonchev–Trinajstić information content (AvgIpc) is 2.79. The van der Waals surface area contributed by atoms with Gasteiger partial charge >= 0.3 is 0 Å². The molecule has 0 aliphatic carbocycles. The Balaban J connectivity index is 2.44. The molecule has 0 atom stereocenters. The number of aromatic nitrogens is 2. The van der Waals surface area contributed by atoms with Crippen LogP contribution in [0.5, 0.6) is 0 Å². The van der Waals surface area contributed by atoms with Crippen LogP contribution >= 0.6 is 27.5 Å². The Hall–Kier alpha value is -1.46. The van der Waals surface area contributed by atoms with Gasteiger partial charge in [0.25, 0.3) is 0 Å². The van der Waals surface area contributed by atoms with Gasteiger partial charge in [-0.05, 0) is 40.2 Å². The van der Waals surface area contributed by atoms with Gasteiger partial charge in [0.2, 0.25) is 0 Å². The van der Waals surface area contributed by atoms with E-state index < -0.39 is 11.6 Å². The van der Waals surface area contributed by atoms with E-state index in [1.807, 2.05) is 0 Å². The lowest BCUT2D eigenvalue weighted by atomic mass is 10.2. The van der Waals surface area contributed by atoms with Gasteiger partial charge in [0.05, 0.1) is 17.1 Å². The summed E-state index contributed by atoms with van der Waals surface area (Å²) in [6.07, 6.45) is 0. The molecule has 102 valence electrons. The first-order valence-corrected chi connectivity index (χ1v) is 7.12. The molecule has 0 unspecified atom stereocenters. The van der Waals surface area contributed by atoms with E-state index in [9.17, 15) is 8.78 Å². The minimum absolute atomic E-state index is 0.0505. The molecule has 0 aliphatic rings. The van der Waals surface area contributed by atoms with E-state index in [1.165, 1.54) is 16.7 Å². The van der Waals surface area contributed by atoms with E-state index in [0.29, 0.717) is 15.8 Å². The van der Waals surface area contributed by atoms with Gasteiger partial charge in [-0.3, -0.25) is 4.57 Å². The molecule has 0 saturated carbocycles. The zero-order valence-corrected chi connectivity index (χ0v) is 12.4. The van der Waals surface area contributed by atoms with Gasteiger partial charge in [-0.15, -0.1) is 11.6 Å². The Morgan fingerprint density at radius 2 is 1.80 bits per heavy atom. The monoisotopic (exact) mass is 356 g/mol. The number of rotatable bonds is 2. The number of imidazole rings is 1. The number of para-hydroxylation sites is 2. The quantitative estimate of drug-likeness (QED) is 0.602. The molecule has 3 aromatic rings. The first-order valence-electron chi connectivity index (χ1n) is 5.79. The highest BCUT2D eigenvalue weighted by Gasteiger charge is 2.18. The molecule has 20 heavy (non-hydrogen) atoms. The van der Waals surface area contributed by atoms with Crippen LogP contribution in [0, 0.1) is 11.6 Å². The summed E-state index contributed by atoms with van der Waals surface area (Å²) in [5.41, 5.74) is 0.931. The van der Waals surface area contributed by atoms with E-state index in [4.69, 9.17) is 11.6 Å². The summed E-state index contributed by atoms with van der Waals surface area (Å²) in [4.78, 5) is 4.16. The van der Waals surface area contributed by atoms with Crippen LogP contribution in [0.25, 0.3) is 16.7 Å². The Morgan fingerprint density at radius 3 is 2.50 bits per heavy atom. The van der Waals surface area contributed by atoms with E-state index >= 15 is 0 Å². The van der Waals surface area contributed by atoms with Crippen LogP contribution in [0.3, 0.4) is 0 Å². The van der Waals surface area contributed by atoms with Crippen molar-refractivity contribution < 1.29 is 8.78 Å². The SMILES string of the molecule is Fc1cccc(Br)c1-n1c(CCl)nc2c(F)cccc21. The fraction of sp³-hybridized carbons (Fsp3) is 0.0714. The fourth-order valence-electron chi connectivity index (χ4n) is 2.15. The van der Waals surface area contributed by atoms with Gasteiger partial charge in [-0.25, -0.2) is 13.8 Å². The maximum Gasteiger partial charge on any atom is 0.151 e. The van der Waals surface area contributed by atoms with Gasteiger partial charge < -0.3 is 0 Å². The molecule has 1 aromatic heterocycles.